The van der Waals surface area contributed by atoms with Crippen LogP contribution in [0.2, 0.25) is 0 Å². The summed E-state index contributed by atoms with van der Waals surface area (Å²) in [5.74, 6) is -1.16. The van der Waals surface area contributed by atoms with Crippen molar-refractivity contribution < 1.29 is 17.7 Å². The van der Waals surface area contributed by atoms with Gasteiger partial charge in [0.2, 0.25) is 15.8 Å². The molecule has 9 heteroatoms. The molecule has 0 saturated carbocycles. The van der Waals surface area contributed by atoms with Crippen LogP contribution in [0, 0.1) is 15.9 Å². The third-order valence-corrected chi connectivity index (χ3v) is 4.87. The smallest absolute Gasteiger partial charge is 0.317 e. The van der Waals surface area contributed by atoms with Crippen molar-refractivity contribution in [1.82, 2.24) is 10.0 Å². The third kappa shape index (κ3) is 3.74. The molecule has 21 heavy (non-hydrogen) atoms. The summed E-state index contributed by atoms with van der Waals surface area (Å²) in [6.45, 7) is 1.47. The lowest BCUT2D eigenvalue weighted by Gasteiger charge is -2.16. The second-order valence-electron chi connectivity index (χ2n) is 4.84. The number of nitro benzene ring substituents is 1. The molecule has 7 nitrogen and oxygen atoms in total. The molecule has 0 aromatic heterocycles. The zero-order valence-electron chi connectivity index (χ0n) is 11.2. The van der Waals surface area contributed by atoms with Crippen LogP contribution in [0.4, 0.5) is 10.1 Å². The summed E-state index contributed by atoms with van der Waals surface area (Å²) in [6.07, 6.45) is 2.02. The van der Waals surface area contributed by atoms with Crippen LogP contribution < -0.4 is 10.0 Å². The van der Waals surface area contributed by atoms with Gasteiger partial charge in [-0.05, 0) is 44.5 Å². The first-order chi connectivity index (χ1) is 9.92. The number of nitro groups is 1. The molecular weight excluding hydrogens is 301 g/mol. The molecule has 1 aliphatic rings. The number of benzene rings is 1. The van der Waals surface area contributed by atoms with Gasteiger partial charge in [0.1, 0.15) is 0 Å². The van der Waals surface area contributed by atoms with Crippen molar-refractivity contribution in [2.75, 3.05) is 13.1 Å². The Morgan fingerprint density at radius 1 is 1.33 bits per heavy atom. The molecule has 1 saturated heterocycles. The minimum absolute atomic E-state index is 0.312. The molecule has 2 N–H and O–H groups in total. The van der Waals surface area contributed by atoms with Gasteiger partial charge in [-0.3, -0.25) is 10.1 Å². The van der Waals surface area contributed by atoms with Crippen molar-refractivity contribution in [2.45, 2.75) is 30.2 Å². The molecule has 0 aliphatic carbocycles. The molecule has 0 bridgehead atoms. The number of sulfonamides is 1. The lowest BCUT2D eigenvalue weighted by atomic mass is 10.1. The van der Waals surface area contributed by atoms with E-state index in [4.69, 9.17) is 0 Å². The van der Waals surface area contributed by atoms with E-state index in [0.717, 1.165) is 31.2 Å². The molecule has 1 unspecified atom stereocenters. The number of nitrogens with one attached hydrogen (secondary N) is 2. The van der Waals surface area contributed by atoms with Crippen molar-refractivity contribution in [2.24, 2.45) is 0 Å². The summed E-state index contributed by atoms with van der Waals surface area (Å²) in [7, 11) is -4.13. The predicted molar refractivity (Wildman–Crippen MR) is 73.9 cm³/mol. The van der Waals surface area contributed by atoms with Crippen molar-refractivity contribution in [3.63, 3.8) is 0 Å². The number of nitrogens with zero attached hydrogens (tertiary/aromatic N) is 1. The van der Waals surface area contributed by atoms with Gasteiger partial charge in [-0.1, -0.05) is 6.07 Å². The van der Waals surface area contributed by atoms with Crippen LogP contribution in [0.1, 0.15) is 19.3 Å². The van der Waals surface area contributed by atoms with Crippen molar-refractivity contribution in [3.05, 3.63) is 34.1 Å². The van der Waals surface area contributed by atoms with Crippen LogP contribution >= 0.6 is 0 Å². The predicted octanol–water partition coefficient (Wildman–Crippen LogP) is 1.15. The van der Waals surface area contributed by atoms with Crippen LogP contribution in [0.5, 0.6) is 0 Å². The van der Waals surface area contributed by atoms with Gasteiger partial charge in [-0.15, -0.1) is 0 Å². The first-order valence-electron chi connectivity index (χ1n) is 6.58. The fourth-order valence-electron chi connectivity index (χ4n) is 2.31. The van der Waals surface area contributed by atoms with E-state index in [1.165, 1.54) is 0 Å². The lowest BCUT2D eigenvalue weighted by molar-refractivity contribution is -0.390. The summed E-state index contributed by atoms with van der Waals surface area (Å²) in [5.41, 5.74) is -1.02. The number of hydrogen-bond donors (Lipinski definition) is 2. The monoisotopic (exact) mass is 317 g/mol. The summed E-state index contributed by atoms with van der Waals surface area (Å²) in [4.78, 5) is 9.25. The molecule has 1 aromatic rings. The first-order valence-corrected chi connectivity index (χ1v) is 8.06. The van der Waals surface area contributed by atoms with E-state index in [9.17, 15) is 22.9 Å². The second-order valence-corrected chi connectivity index (χ2v) is 6.53. The standard InChI is InChI=1S/C12H16FN3O4S/c13-10-4-1-5-11(12(10)16(17)18)21(19,20)15-9-3-2-7-14-8-6-9/h1,4-5,9,14-15H,2-3,6-8H2. The number of rotatable bonds is 4. The quantitative estimate of drug-likeness (QED) is 0.641. The normalized spacial score (nSPS) is 20.0. The molecule has 1 heterocycles. The lowest BCUT2D eigenvalue weighted by Crippen LogP contribution is -2.35. The highest BCUT2D eigenvalue weighted by molar-refractivity contribution is 7.89. The van der Waals surface area contributed by atoms with Crippen LogP contribution in [-0.4, -0.2) is 32.5 Å². The van der Waals surface area contributed by atoms with E-state index in [0.29, 0.717) is 19.4 Å². The van der Waals surface area contributed by atoms with E-state index in [2.05, 4.69) is 10.0 Å². The average Bonchev–Trinajstić information content (AvgIpc) is 2.66. The number of hydrogen-bond acceptors (Lipinski definition) is 5. The summed E-state index contributed by atoms with van der Waals surface area (Å²) in [5, 5.41) is 14.0. The zero-order chi connectivity index (χ0) is 15.5. The summed E-state index contributed by atoms with van der Waals surface area (Å²) in [6, 6.07) is 2.74. The minimum Gasteiger partial charge on any atom is -0.317 e. The molecule has 0 amide bonds. The van der Waals surface area contributed by atoms with Crippen LogP contribution in [0.25, 0.3) is 0 Å². The second kappa shape index (κ2) is 6.46. The molecular formula is C12H16FN3O4S. The van der Waals surface area contributed by atoms with Crippen LogP contribution in [0.15, 0.2) is 23.1 Å². The number of para-hydroxylation sites is 1. The number of halogens is 1. The van der Waals surface area contributed by atoms with Crippen molar-refractivity contribution >= 4 is 15.7 Å². The van der Waals surface area contributed by atoms with Crippen molar-refractivity contribution in [1.29, 1.82) is 0 Å². The maximum absolute atomic E-state index is 13.5. The third-order valence-electron chi connectivity index (χ3n) is 3.32. The zero-order valence-corrected chi connectivity index (χ0v) is 12.0. The SMILES string of the molecule is O=[N+]([O-])c1c(F)cccc1S(=O)(=O)NC1CCCNCC1. The average molecular weight is 317 g/mol. The fraction of sp³-hybridized carbons (Fsp3) is 0.500. The van der Waals surface area contributed by atoms with Crippen LogP contribution in [-0.2, 0) is 10.0 Å². The highest BCUT2D eigenvalue weighted by atomic mass is 32.2. The van der Waals surface area contributed by atoms with Gasteiger partial charge < -0.3 is 5.32 Å². The Morgan fingerprint density at radius 3 is 2.81 bits per heavy atom. The highest BCUT2D eigenvalue weighted by Gasteiger charge is 2.31. The van der Waals surface area contributed by atoms with Crippen LogP contribution in [0.3, 0.4) is 0 Å². The Kier molecular flexibility index (Phi) is 4.86. The first kappa shape index (κ1) is 15.8. The Bertz CT molecular complexity index is 627. The Hall–Kier alpha value is -1.58. The van der Waals surface area contributed by atoms with E-state index in [-0.39, 0.29) is 6.04 Å². The molecule has 1 aromatic carbocycles. The Labute approximate surface area is 121 Å². The molecule has 1 aliphatic heterocycles. The Balaban J connectivity index is 2.31. The maximum atomic E-state index is 13.5. The Morgan fingerprint density at radius 2 is 2.10 bits per heavy atom. The summed E-state index contributed by atoms with van der Waals surface area (Å²) < 4.78 is 40.5. The molecule has 1 fully saturated rings. The fourth-order valence-corrected chi connectivity index (χ4v) is 3.80. The minimum atomic E-state index is -4.13. The maximum Gasteiger partial charge on any atom is 0.324 e. The van der Waals surface area contributed by atoms with E-state index in [1.807, 2.05) is 0 Å². The molecule has 116 valence electrons. The van der Waals surface area contributed by atoms with Gasteiger partial charge in [-0.2, -0.15) is 4.39 Å². The van der Waals surface area contributed by atoms with E-state index < -0.39 is 31.3 Å². The molecule has 0 spiro atoms. The molecule has 1 atom stereocenters. The molecule has 2 rings (SSSR count). The topological polar surface area (TPSA) is 101 Å². The van der Waals surface area contributed by atoms with Gasteiger partial charge in [0.25, 0.3) is 0 Å². The van der Waals surface area contributed by atoms with Gasteiger partial charge in [-0.25, -0.2) is 13.1 Å². The van der Waals surface area contributed by atoms with Gasteiger partial charge in [0, 0.05) is 6.04 Å². The highest BCUT2D eigenvalue weighted by Crippen LogP contribution is 2.27. The molecule has 0 radical (unpaired) electrons. The van der Waals surface area contributed by atoms with E-state index in [1.54, 1.807) is 0 Å². The largest absolute Gasteiger partial charge is 0.324 e. The van der Waals surface area contributed by atoms with Crippen molar-refractivity contribution in [3.8, 4) is 0 Å². The van der Waals surface area contributed by atoms with Gasteiger partial charge in [0.05, 0.1) is 4.92 Å². The summed E-state index contributed by atoms with van der Waals surface area (Å²) >= 11 is 0. The van der Waals surface area contributed by atoms with Gasteiger partial charge >= 0.3 is 5.69 Å². The van der Waals surface area contributed by atoms with E-state index >= 15 is 0 Å². The van der Waals surface area contributed by atoms with Gasteiger partial charge in [0.15, 0.2) is 4.90 Å².